The highest BCUT2D eigenvalue weighted by molar-refractivity contribution is 6.30. The first-order valence-corrected chi connectivity index (χ1v) is 8.58. The summed E-state index contributed by atoms with van der Waals surface area (Å²) in [6, 6.07) is 8.25. The summed E-state index contributed by atoms with van der Waals surface area (Å²) in [4.78, 5) is 30.5. The number of pyridine rings is 1. The number of hydrogen-bond donors (Lipinski definition) is 1. The van der Waals surface area contributed by atoms with Crippen molar-refractivity contribution in [2.24, 2.45) is 0 Å². The molecule has 3 heterocycles. The maximum absolute atomic E-state index is 12.6. The van der Waals surface area contributed by atoms with Crippen LogP contribution in [-0.4, -0.2) is 34.5 Å². The Kier molecular flexibility index (Phi) is 4.38. The first kappa shape index (κ1) is 16.7. The SMILES string of the molecule is O=C(Nc1ccc(Cl)cn1)C1CCC(=O)N1Cc1ccc2c(c1)OCO2. The summed E-state index contributed by atoms with van der Waals surface area (Å²) in [5.74, 6) is 1.44. The van der Waals surface area contributed by atoms with Crippen LogP contribution in [0.5, 0.6) is 11.5 Å². The molecule has 0 spiro atoms. The number of benzene rings is 1. The van der Waals surface area contributed by atoms with Crippen LogP contribution in [0.25, 0.3) is 0 Å². The predicted octanol–water partition coefficient (Wildman–Crippen LogP) is 2.59. The van der Waals surface area contributed by atoms with E-state index in [9.17, 15) is 9.59 Å². The van der Waals surface area contributed by atoms with Crippen molar-refractivity contribution in [1.29, 1.82) is 0 Å². The van der Waals surface area contributed by atoms with Gasteiger partial charge in [0.05, 0.1) is 5.02 Å². The maximum atomic E-state index is 12.6. The summed E-state index contributed by atoms with van der Waals surface area (Å²) in [7, 11) is 0. The number of halogens is 1. The number of ether oxygens (including phenoxy) is 2. The Hall–Kier alpha value is -2.80. The second kappa shape index (κ2) is 6.84. The first-order chi connectivity index (χ1) is 12.6. The van der Waals surface area contributed by atoms with Gasteiger partial charge in [-0.3, -0.25) is 9.59 Å². The molecule has 1 N–H and O–H groups in total. The summed E-state index contributed by atoms with van der Waals surface area (Å²) in [5.41, 5.74) is 0.881. The quantitative estimate of drug-likeness (QED) is 0.891. The zero-order valence-electron chi connectivity index (χ0n) is 13.8. The molecule has 7 nitrogen and oxygen atoms in total. The van der Waals surface area contributed by atoms with Gasteiger partial charge in [0.1, 0.15) is 11.9 Å². The van der Waals surface area contributed by atoms with Crippen LogP contribution in [0.1, 0.15) is 18.4 Å². The molecule has 4 rings (SSSR count). The molecule has 1 aromatic carbocycles. The smallest absolute Gasteiger partial charge is 0.248 e. The van der Waals surface area contributed by atoms with Gasteiger partial charge >= 0.3 is 0 Å². The molecule has 0 radical (unpaired) electrons. The molecule has 1 aromatic heterocycles. The van der Waals surface area contributed by atoms with Gasteiger partial charge in [-0.1, -0.05) is 17.7 Å². The Morgan fingerprint density at radius 2 is 2.12 bits per heavy atom. The van der Waals surface area contributed by atoms with E-state index in [2.05, 4.69) is 10.3 Å². The van der Waals surface area contributed by atoms with Gasteiger partial charge in [0, 0.05) is 19.2 Å². The highest BCUT2D eigenvalue weighted by atomic mass is 35.5. The number of nitrogens with zero attached hydrogens (tertiary/aromatic N) is 2. The molecule has 2 aliphatic rings. The lowest BCUT2D eigenvalue weighted by atomic mass is 10.1. The molecular formula is C18H16ClN3O4. The Morgan fingerprint density at radius 3 is 2.92 bits per heavy atom. The summed E-state index contributed by atoms with van der Waals surface area (Å²) in [6.45, 7) is 0.530. The largest absolute Gasteiger partial charge is 0.454 e. The molecule has 2 aromatic rings. The number of carbonyl (C=O) groups excluding carboxylic acids is 2. The minimum Gasteiger partial charge on any atom is -0.454 e. The van der Waals surface area contributed by atoms with E-state index < -0.39 is 6.04 Å². The Morgan fingerprint density at radius 1 is 1.27 bits per heavy atom. The predicted molar refractivity (Wildman–Crippen MR) is 94.0 cm³/mol. The molecule has 0 saturated carbocycles. The van der Waals surface area contributed by atoms with Crippen molar-refractivity contribution in [2.45, 2.75) is 25.4 Å². The molecule has 0 aliphatic carbocycles. The number of amides is 2. The van der Waals surface area contributed by atoms with Crippen molar-refractivity contribution < 1.29 is 19.1 Å². The topological polar surface area (TPSA) is 80.8 Å². The molecule has 1 unspecified atom stereocenters. The number of anilines is 1. The number of nitrogens with one attached hydrogen (secondary N) is 1. The molecule has 134 valence electrons. The second-order valence-corrected chi connectivity index (χ2v) is 6.55. The summed E-state index contributed by atoms with van der Waals surface area (Å²) < 4.78 is 10.7. The third-order valence-corrected chi connectivity index (χ3v) is 4.62. The van der Waals surface area contributed by atoms with Crippen molar-refractivity contribution in [3.8, 4) is 11.5 Å². The third kappa shape index (κ3) is 3.30. The maximum Gasteiger partial charge on any atom is 0.248 e. The van der Waals surface area contributed by atoms with Crippen LogP contribution in [0.4, 0.5) is 5.82 Å². The van der Waals surface area contributed by atoms with Gasteiger partial charge in [-0.2, -0.15) is 0 Å². The highest BCUT2D eigenvalue weighted by Crippen LogP contribution is 2.33. The second-order valence-electron chi connectivity index (χ2n) is 6.11. The zero-order valence-corrected chi connectivity index (χ0v) is 14.5. The van der Waals surface area contributed by atoms with Crippen LogP contribution >= 0.6 is 11.6 Å². The van der Waals surface area contributed by atoms with Crippen LogP contribution in [0.2, 0.25) is 5.02 Å². The molecule has 1 saturated heterocycles. The molecule has 8 heteroatoms. The van der Waals surface area contributed by atoms with Gasteiger partial charge in [0.2, 0.25) is 18.6 Å². The van der Waals surface area contributed by atoms with E-state index >= 15 is 0 Å². The number of likely N-dealkylation sites (tertiary alicyclic amines) is 1. The Bertz CT molecular complexity index is 856. The van der Waals surface area contributed by atoms with Crippen LogP contribution in [0.3, 0.4) is 0 Å². The van der Waals surface area contributed by atoms with Crippen molar-refractivity contribution >= 4 is 29.2 Å². The number of aromatic nitrogens is 1. The van der Waals surface area contributed by atoms with E-state index in [1.807, 2.05) is 18.2 Å². The van der Waals surface area contributed by atoms with Crippen molar-refractivity contribution in [1.82, 2.24) is 9.88 Å². The lowest BCUT2D eigenvalue weighted by Gasteiger charge is -2.24. The average Bonchev–Trinajstić information content (AvgIpc) is 3.24. The van der Waals surface area contributed by atoms with Gasteiger partial charge in [0.15, 0.2) is 11.5 Å². The lowest BCUT2D eigenvalue weighted by molar-refractivity contribution is -0.133. The first-order valence-electron chi connectivity index (χ1n) is 8.20. The fourth-order valence-electron chi connectivity index (χ4n) is 3.10. The number of fused-ring (bicyclic) bond motifs is 1. The standard InChI is InChI=1S/C18H16ClN3O4/c19-12-2-5-16(20-8-12)21-18(24)13-3-6-17(23)22(13)9-11-1-4-14-15(7-11)26-10-25-14/h1-2,4-5,7-8,13H,3,6,9-10H2,(H,20,21,24). The number of carbonyl (C=O) groups is 2. The van der Waals surface area contributed by atoms with E-state index in [0.717, 1.165) is 5.56 Å². The van der Waals surface area contributed by atoms with E-state index in [0.29, 0.717) is 41.7 Å². The monoisotopic (exact) mass is 373 g/mol. The van der Waals surface area contributed by atoms with Gasteiger partial charge in [0.25, 0.3) is 0 Å². The van der Waals surface area contributed by atoms with E-state index in [4.69, 9.17) is 21.1 Å². The molecule has 2 aliphatic heterocycles. The molecular weight excluding hydrogens is 358 g/mol. The minimum atomic E-state index is -0.537. The Labute approximate surface area is 154 Å². The van der Waals surface area contributed by atoms with Crippen LogP contribution in [0.15, 0.2) is 36.5 Å². The Balaban J connectivity index is 1.48. The minimum absolute atomic E-state index is 0.0492. The van der Waals surface area contributed by atoms with Crippen LogP contribution < -0.4 is 14.8 Å². The lowest BCUT2D eigenvalue weighted by Crippen LogP contribution is -2.41. The number of rotatable bonds is 4. The zero-order chi connectivity index (χ0) is 18.1. The molecule has 1 atom stereocenters. The van der Waals surface area contributed by atoms with Crippen LogP contribution in [0, 0.1) is 0 Å². The van der Waals surface area contributed by atoms with Gasteiger partial charge < -0.3 is 19.7 Å². The molecule has 26 heavy (non-hydrogen) atoms. The summed E-state index contributed by atoms with van der Waals surface area (Å²) in [6.07, 6.45) is 2.28. The number of hydrogen-bond acceptors (Lipinski definition) is 5. The summed E-state index contributed by atoms with van der Waals surface area (Å²) in [5, 5.41) is 3.23. The molecule has 0 bridgehead atoms. The average molecular weight is 374 g/mol. The van der Waals surface area contributed by atoms with Crippen molar-refractivity contribution in [3.63, 3.8) is 0 Å². The molecule has 1 fully saturated rings. The van der Waals surface area contributed by atoms with E-state index in [1.54, 1.807) is 17.0 Å². The normalized spacial score (nSPS) is 18.3. The fourth-order valence-corrected chi connectivity index (χ4v) is 3.21. The molecule has 2 amide bonds. The van der Waals surface area contributed by atoms with Gasteiger partial charge in [-0.25, -0.2) is 4.98 Å². The van der Waals surface area contributed by atoms with Gasteiger partial charge in [-0.15, -0.1) is 0 Å². The van der Waals surface area contributed by atoms with Gasteiger partial charge in [-0.05, 0) is 36.2 Å². The fraction of sp³-hybridized carbons (Fsp3) is 0.278. The van der Waals surface area contributed by atoms with Crippen LogP contribution in [-0.2, 0) is 16.1 Å². The van der Waals surface area contributed by atoms with E-state index in [1.165, 1.54) is 6.20 Å². The third-order valence-electron chi connectivity index (χ3n) is 4.40. The highest BCUT2D eigenvalue weighted by Gasteiger charge is 2.36. The van der Waals surface area contributed by atoms with E-state index in [-0.39, 0.29) is 18.6 Å². The van der Waals surface area contributed by atoms with Crippen molar-refractivity contribution in [2.75, 3.05) is 12.1 Å². The summed E-state index contributed by atoms with van der Waals surface area (Å²) >= 11 is 5.80. The van der Waals surface area contributed by atoms with Crippen molar-refractivity contribution in [3.05, 3.63) is 47.1 Å².